The topological polar surface area (TPSA) is 70.3 Å². The lowest BCUT2D eigenvalue weighted by Crippen LogP contribution is -2.45. The first-order valence-electron chi connectivity index (χ1n) is 7.53. The van der Waals surface area contributed by atoms with Gasteiger partial charge in [-0.1, -0.05) is 6.92 Å². The summed E-state index contributed by atoms with van der Waals surface area (Å²) in [7, 11) is 2.16. The predicted octanol–water partition coefficient (Wildman–Crippen LogP) is 0.947. The Morgan fingerprint density at radius 1 is 1.25 bits per heavy atom. The molecular formula is C14H24N6. The lowest BCUT2D eigenvalue weighted by atomic mass is 9.99. The summed E-state index contributed by atoms with van der Waals surface area (Å²) >= 11 is 0. The van der Waals surface area contributed by atoms with E-state index in [-0.39, 0.29) is 0 Å². The quantitative estimate of drug-likeness (QED) is 0.838. The Bertz CT molecular complexity index is 481. The minimum absolute atomic E-state index is 0.377. The number of piperazine rings is 1. The van der Waals surface area contributed by atoms with Crippen LogP contribution in [0.3, 0.4) is 0 Å². The molecule has 3 N–H and O–H groups in total. The zero-order valence-electron chi connectivity index (χ0n) is 12.4. The van der Waals surface area contributed by atoms with Crippen LogP contribution in [-0.2, 0) is 6.42 Å². The fraction of sp³-hybridized carbons (Fsp3) is 0.714. The highest BCUT2D eigenvalue weighted by Gasteiger charge is 2.26. The highest BCUT2D eigenvalue weighted by molar-refractivity contribution is 5.63. The van der Waals surface area contributed by atoms with E-state index in [2.05, 4.69) is 39.1 Å². The molecule has 0 amide bonds. The molecule has 0 spiro atoms. The van der Waals surface area contributed by atoms with Gasteiger partial charge in [0.15, 0.2) is 0 Å². The number of nitrogen functional groups attached to an aromatic ring is 1. The van der Waals surface area contributed by atoms with Crippen LogP contribution in [0.15, 0.2) is 0 Å². The van der Waals surface area contributed by atoms with Crippen LogP contribution >= 0.6 is 0 Å². The van der Waals surface area contributed by atoms with Crippen LogP contribution in [0.5, 0.6) is 0 Å². The van der Waals surface area contributed by atoms with Crippen molar-refractivity contribution in [3.05, 3.63) is 5.56 Å². The van der Waals surface area contributed by atoms with Gasteiger partial charge in [-0.05, 0) is 26.3 Å². The number of nitrogens with zero attached hydrogens (tertiary/aromatic N) is 4. The monoisotopic (exact) mass is 276 g/mol. The molecule has 0 bridgehead atoms. The van der Waals surface area contributed by atoms with Crippen molar-refractivity contribution >= 4 is 17.6 Å². The molecule has 3 rings (SSSR count). The average Bonchev–Trinajstić information content (AvgIpc) is 2.46. The molecule has 0 radical (unpaired) electrons. The second-order valence-electron chi connectivity index (χ2n) is 5.81. The number of anilines is 3. The van der Waals surface area contributed by atoms with Crippen LogP contribution in [-0.4, -0.2) is 54.1 Å². The molecule has 0 saturated carbocycles. The maximum absolute atomic E-state index is 5.90. The average molecular weight is 276 g/mol. The molecule has 1 fully saturated rings. The number of nitrogens with one attached hydrogen (secondary N) is 1. The second kappa shape index (κ2) is 5.44. The summed E-state index contributed by atoms with van der Waals surface area (Å²) in [5.41, 5.74) is 7.15. The number of fused-ring (bicyclic) bond motifs is 1. The smallest absolute Gasteiger partial charge is 0.223 e. The van der Waals surface area contributed by atoms with E-state index in [0.29, 0.717) is 12.0 Å². The third kappa shape index (κ3) is 2.52. The first-order chi connectivity index (χ1) is 9.67. The van der Waals surface area contributed by atoms with Crippen LogP contribution in [0.25, 0.3) is 0 Å². The summed E-state index contributed by atoms with van der Waals surface area (Å²) in [6.45, 7) is 6.37. The summed E-state index contributed by atoms with van der Waals surface area (Å²) < 4.78 is 0. The van der Waals surface area contributed by atoms with Crippen molar-refractivity contribution in [2.45, 2.75) is 32.2 Å². The maximum Gasteiger partial charge on any atom is 0.223 e. The highest BCUT2D eigenvalue weighted by Crippen LogP contribution is 2.32. The van der Waals surface area contributed by atoms with Crippen LogP contribution in [0, 0.1) is 0 Å². The molecule has 3 heterocycles. The van der Waals surface area contributed by atoms with Gasteiger partial charge in [0.25, 0.3) is 0 Å². The Kier molecular flexibility index (Phi) is 3.65. The number of nitrogens with two attached hydrogens (primary N) is 1. The molecule has 6 heteroatoms. The molecule has 1 unspecified atom stereocenters. The molecule has 20 heavy (non-hydrogen) atoms. The number of likely N-dealkylation sites (N-methyl/N-ethyl adjacent to an activating group) is 1. The van der Waals surface area contributed by atoms with Gasteiger partial charge in [0, 0.05) is 37.8 Å². The van der Waals surface area contributed by atoms with E-state index in [0.717, 1.165) is 57.1 Å². The molecule has 1 aromatic rings. The van der Waals surface area contributed by atoms with Crippen molar-refractivity contribution < 1.29 is 0 Å². The van der Waals surface area contributed by atoms with E-state index in [1.807, 2.05) is 0 Å². The first kappa shape index (κ1) is 13.4. The van der Waals surface area contributed by atoms with Gasteiger partial charge >= 0.3 is 0 Å². The third-order valence-corrected chi connectivity index (χ3v) is 4.38. The Balaban J connectivity index is 1.89. The van der Waals surface area contributed by atoms with Gasteiger partial charge in [-0.2, -0.15) is 9.97 Å². The van der Waals surface area contributed by atoms with E-state index < -0.39 is 0 Å². The van der Waals surface area contributed by atoms with Gasteiger partial charge in [0.1, 0.15) is 11.6 Å². The van der Waals surface area contributed by atoms with Gasteiger partial charge in [-0.15, -0.1) is 0 Å². The molecule has 2 aliphatic heterocycles. The molecular weight excluding hydrogens is 252 g/mol. The van der Waals surface area contributed by atoms with Crippen molar-refractivity contribution in [3.63, 3.8) is 0 Å². The lowest BCUT2D eigenvalue weighted by Gasteiger charge is -2.36. The van der Waals surface area contributed by atoms with E-state index in [4.69, 9.17) is 5.73 Å². The van der Waals surface area contributed by atoms with E-state index in [9.17, 15) is 0 Å². The fourth-order valence-corrected chi connectivity index (χ4v) is 3.01. The van der Waals surface area contributed by atoms with E-state index in [1.54, 1.807) is 0 Å². The Morgan fingerprint density at radius 3 is 2.70 bits per heavy atom. The van der Waals surface area contributed by atoms with Crippen LogP contribution in [0.4, 0.5) is 17.6 Å². The van der Waals surface area contributed by atoms with Crippen LogP contribution < -0.4 is 16.0 Å². The zero-order valence-corrected chi connectivity index (χ0v) is 12.4. The molecule has 110 valence electrons. The first-order valence-corrected chi connectivity index (χ1v) is 7.53. The Labute approximate surface area is 120 Å². The lowest BCUT2D eigenvalue weighted by molar-refractivity contribution is 0.311. The highest BCUT2D eigenvalue weighted by atomic mass is 15.3. The molecule has 0 aromatic carbocycles. The van der Waals surface area contributed by atoms with Crippen molar-refractivity contribution in [1.82, 2.24) is 14.9 Å². The number of hydrogen-bond donors (Lipinski definition) is 2. The molecule has 6 nitrogen and oxygen atoms in total. The Morgan fingerprint density at radius 2 is 2.00 bits per heavy atom. The van der Waals surface area contributed by atoms with Crippen molar-refractivity contribution in [1.29, 1.82) is 0 Å². The molecule has 1 aromatic heterocycles. The zero-order chi connectivity index (χ0) is 14.1. The number of aromatic nitrogens is 2. The van der Waals surface area contributed by atoms with Gasteiger partial charge in [-0.25, -0.2) is 0 Å². The van der Waals surface area contributed by atoms with Gasteiger partial charge in [0.05, 0.1) is 0 Å². The van der Waals surface area contributed by atoms with Crippen molar-refractivity contribution in [3.8, 4) is 0 Å². The second-order valence-corrected chi connectivity index (χ2v) is 5.81. The summed E-state index contributed by atoms with van der Waals surface area (Å²) in [6.07, 6.45) is 3.31. The summed E-state index contributed by atoms with van der Waals surface area (Å²) in [4.78, 5) is 13.6. The summed E-state index contributed by atoms with van der Waals surface area (Å²) in [5.74, 6) is 2.37. The summed E-state index contributed by atoms with van der Waals surface area (Å²) in [6, 6.07) is 0.511. The van der Waals surface area contributed by atoms with E-state index >= 15 is 0 Å². The molecule has 2 aliphatic rings. The maximum atomic E-state index is 5.90. The van der Waals surface area contributed by atoms with Crippen molar-refractivity contribution in [2.75, 3.05) is 49.2 Å². The number of rotatable bonds is 2. The molecule has 1 saturated heterocycles. The minimum Gasteiger partial charge on any atom is -0.368 e. The molecule has 1 atom stereocenters. The van der Waals surface area contributed by atoms with Crippen LogP contribution in [0.1, 0.15) is 25.3 Å². The summed E-state index contributed by atoms with van der Waals surface area (Å²) in [5, 5.41) is 3.51. The molecule has 0 aliphatic carbocycles. The SMILES string of the molecule is CCC1CCc2c(nc(N)nc2N2CCN(C)CC2)N1. The fourth-order valence-electron chi connectivity index (χ4n) is 3.01. The Hall–Kier alpha value is -1.56. The normalized spacial score (nSPS) is 23.3. The van der Waals surface area contributed by atoms with Crippen LogP contribution in [0.2, 0.25) is 0 Å². The third-order valence-electron chi connectivity index (χ3n) is 4.38. The van der Waals surface area contributed by atoms with Gasteiger partial charge < -0.3 is 20.9 Å². The standard InChI is InChI=1S/C14H24N6/c1-3-10-4-5-11-12(16-10)17-14(15)18-13(11)20-8-6-19(2)7-9-20/h10H,3-9H2,1-2H3,(H3,15,16,17,18). The van der Waals surface area contributed by atoms with E-state index in [1.165, 1.54) is 5.56 Å². The number of hydrogen-bond acceptors (Lipinski definition) is 6. The largest absolute Gasteiger partial charge is 0.368 e. The van der Waals surface area contributed by atoms with Gasteiger partial charge in [-0.3, -0.25) is 0 Å². The van der Waals surface area contributed by atoms with Gasteiger partial charge in [0.2, 0.25) is 5.95 Å². The van der Waals surface area contributed by atoms with Crippen molar-refractivity contribution in [2.24, 2.45) is 0 Å². The predicted molar refractivity (Wildman–Crippen MR) is 82.2 cm³/mol. The minimum atomic E-state index is 0.377.